The van der Waals surface area contributed by atoms with Crippen LogP contribution in [0.2, 0.25) is 0 Å². The Morgan fingerprint density at radius 2 is 1.79 bits per heavy atom. The van der Waals surface area contributed by atoms with Gasteiger partial charge in [0, 0.05) is 55.1 Å². The maximum absolute atomic E-state index is 13.1. The zero-order valence-corrected chi connectivity index (χ0v) is 20.1. The normalized spacial score (nSPS) is 14.6. The Labute approximate surface area is 199 Å². The number of carbonyl (C=O) groups excluding carboxylic acids is 1. The number of rotatable bonds is 5. The predicted molar refractivity (Wildman–Crippen MR) is 135 cm³/mol. The van der Waals surface area contributed by atoms with E-state index in [1.165, 1.54) is 5.69 Å². The van der Waals surface area contributed by atoms with Crippen molar-refractivity contribution in [3.63, 3.8) is 0 Å². The van der Waals surface area contributed by atoms with Gasteiger partial charge in [-0.25, -0.2) is 9.50 Å². The Morgan fingerprint density at radius 3 is 2.59 bits per heavy atom. The molecule has 34 heavy (non-hydrogen) atoms. The summed E-state index contributed by atoms with van der Waals surface area (Å²) in [5, 5.41) is 5.80. The molecule has 3 heterocycles. The summed E-state index contributed by atoms with van der Waals surface area (Å²) in [4.78, 5) is 22.3. The summed E-state index contributed by atoms with van der Waals surface area (Å²) in [6, 6.07) is 16.2. The second-order valence-electron chi connectivity index (χ2n) is 8.93. The lowest BCUT2D eigenvalue weighted by Crippen LogP contribution is -2.35. The Kier molecular flexibility index (Phi) is 6.09. The average molecular weight is 458 g/mol. The quantitative estimate of drug-likeness (QED) is 0.450. The Hall–Kier alpha value is -3.61. The minimum atomic E-state index is 0.209. The highest BCUT2D eigenvalue weighted by Crippen LogP contribution is 2.24. The van der Waals surface area contributed by atoms with Gasteiger partial charge < -0.3 is 14.5 Å². The summed E-state index contributed by atoms with van der Waals surface area (Å²) in [7, 11) is 1.68. The van der Waals surface area contributed by atoms with Gasteiger partial charge in [-0.3, -0.25) is 4.79 Å². The van der Waals surface area contributed by atoms with Crippen LogP contribution in [0.3, 0.4) is 0 Å². The Morgan fingerprint density at radius 1 is 1.00 bits per heavy atom. The number of ether oxygens (including phenoxy) is 1. The van der Waals surface area contributed by atoms with Gasteiger partial charge in [0.25, 0.3) is 0 Å². The van der Waals surface area contributed by atoms with Gasteiger partial charge in [0.1, 0.15) is 5.75 Å². The molecule has 7 nitrogen and oxygen atoms in total. The maximum atomic E-state index is 13.1. The minimum Gasteiger partial charge on any atom is -0.497 e. The second-order valence-corrected chi connectivity index (χ2v) is 8.93. The van der Waals surface area contributed by atoms with Gasteiger partial charge in [0.2, 0.25) is 5.91 Å². The van der Waals surface area contributed by atoms with Gasteiger partial charge in [-0.15, -0.1) is 0 Å². The van der Waals surface area contributed by atoms with E-state index in [0.717, 1.165) is 71.9 Å². The highest BCUT2D eigenvalue weighted by Gasteiger charge is 2.21. The summed E-state index contributed by atoms with van der Waals surface area (Å²) < 4.78 is 7.19. The zero-order valence-electron chi connectivity index (χ0n) is 20.1. The SMILES string of the molecule is COc1ccc(N2CCCN(C(=O)CCc3c(C)nc4c5ccccc5nn4c3C)CC2)cc1. The van der Waals surface area contributed by atoms with E-state index in [4.69, 9.17) is 14.8 Å². The molecular formula is C27H31N5O2. The van der Waals surface area contributed by atoms with Crippen LogP contribution in [0.5, 0.6) is 5.75 Å². The fourth-order valence-corrected chi connectivity index (χ4v) is 4.95. The van der Waals surface area contributed by atoms with E-state index in [1.807, 2.05) is 46.7 Å². The molecule has 0 saturated carbocycles. The number of aryl methyl sites for hydroxylation is 2. The van der Waals surface area contributed by atoms with Crippen molar-refractivity contribution in [2.45, 2.75) is 33.1 Å². The lowest BCUT2D eigenvalue weighted by atomic mass is 10.1. The molecule has 0 atom stereocenters. The van der Waals surface area contributed by atoms with Gasteiger partial charge in [0.15, 0.2) is 5.65 Å². The van der Waals surface area contributed by atoms with Crippen molar-refractivity contribution in [1.82, 2.24) is 19.5 Å². The van der Waals surface area contributed by atoms with Crippen LogP contribution in [-0.2, 0) is 11.2 Å². The van der Waals surface area contributed by atoms with Crippen LogP contribution in [0.4, 0.5) is 5.69 Å². The first kappa shape index (κ1) is 22.2. The van der Waals surface area contributed by atoms with Crippen LogP contribution in [-0.4, -0.2) is 58.7 Å². The van der Waals surface area contributed by atoms with Crippen LogP contribution >= 0.6 is 0 Å². The minimum absolute atomic E-state index is 0.209. The molecule has 0 N–H and O–H groups in total. The van der Waals surface area contributed by atoms with Crippen LogP contribution in [0.15, 0.2) is 48.5 Å². The number of aromatic nitrogens is 3. The molecule has 176 valence electrons. The molecule has 5 rings (SSSR count). The van der Waals surface area contributed by atoms with Crippen molar-refractivity contribution < 1.29 is 9.53 Å². The third kappa shape index (κ3) is 4.18. The van der Waals surface area contributed by atoms with Gasteiger partial charge in [0.05, 0.1) is 12.6 Å². The standard InChI is InChI=1S/C27H31N5O2/c1-19-23(20(2)32-27(28-19)24-7-4-5-8-25(24)29-32)13-14-26(33)31-16-6-15-30(17-18-31)21-9-11-22(34-3)12-10-21/h4-5,7-12H,6,13-18H2,1-3H3. The van der Waals surface area contributed by atoms with Gasteiger partial charge in [-0.2, -0.15) is 5.10 Å². The van der Waals surface area contributed by atoms with Crippen LogP contribution in [0.1, 0.15) is 29.8 Å². The molecule has 0 unspecified atom stereocenters. The zero-order chi connectivity index (χ0) is 23.7. The van der Waals surface area contributed by atoms with Crippen molar-refractivity contribution in [3.8, 4) is 5.75 Å². The Bertz CT molecular complexity index is 1330. The van der Waals surface area contributed by atoms with E-state index < -0.39 is 0 Å². The van der Waals surface area contributed by atoms with Crippen molar-refractivity contribution in [3.05, 3.63) is 65.5 Å². The molecule has 0 spiro atoms. The molecule has 1 saturated heterocycles. The van der Waals surface area contributed by atoms with Crippen molar-refractivity contribution in [2.75, 3.05) is 38.2 Å². The first-order valence-corrected chi connectivity index (χ1v) is 12.0. The lowest BCUT2D eigenvalue weighted by Gasteiger charge is -2.24. The molecule has 2 aromatic carbocycles. The lowest BCUT2D eigenvalue weighted by molar-refractivity contribution is -0.130. The van der Waals surface area contributed by atoms with Crippen molar-refractivity contribution in [1.29, 1.82) is 0 Å². The molecule has 2 aromatic heterocycles. The smallest absolute Gasteiger partial charge is 0.222 e. The summed E-state index contributed by atoms with van der Waals surface area (Å²) in [5.74, 6) is 1.07. The summed E-state index contributed by atoms with van der Waals surface area (Å²) in [6.07, 6.45) is 2.12. The van der Waals surface area contributed by atoms with E-state index in [9.17, 15) is 4.79 Å². The number of nitrogens with zero attached hydrogens (tertiary/aromatic N) is 5. The number of anilines is 1. The molecular weight excluding hydrogens is 426 g/mol. The van der Waals surface area contributed by atoms with E-state index in [-0.39, 0.29) is 5.91 Å². The van der Waals surface area contributed by atoms with E-state index >= 15 is 0 Å². The monoisotopic (exact) mass is 457 g/mol. The van der Waals surface area contributed by atoms with E-state index in [1.54, 1.807) is 7.11 Å². The molecule has 0 aliphatic carbocycles. The number of hydrogen-bond donors (Lipinski definition) is 0. The number of fused-ring (bicyclic) bond motifs is 3. The summed E-state index contributed by atoms with van der Waals surface area (Å²) in [6.45, 7) is 7.43. The number of carbonyl (C=O) groups is 1. The molecule has 1 aliphatic heterocycles. The fraction of sp³-hybridized carbons (Fsp3) is 0.370. The van der Waals surface area contributed by atoms with Crippen LogP contribution in [0.25, 0.3) is 16.6 Å². The molecule has 1 fully saturated rings. The second kappa shape index (κ2) is 9.33. The summed E-state index contributed by atoms with van der Waals surface area (Å²) >= 11 is 0. The van der Waals surface area contributed by atoms with Crippen LogP contribution < -0.4 is 9.64 Å². The largest absolute Gasteiger partial charge is 0.497 e. The third-order valence-corrected chi connectivity index (χ3v) is 6.89. The van der Waals surface area contributed by atoms with Crippen molar-refractivity contribution >= 4 is 28.1 Å². The fourth-order valence-electron chi connectivity index (χ4n) is 4.95. The highest BCUT2D eigenvalue weighted by molar-refractivity contribution is 5.92. The number of hydrogen-bond acceptors (Lipinski definition) is 5. The molecule has 0 radical (unpaired) electrons. The maximum Gasteiger partial charge on any atom is 0.222 e. The van der Waals surface area contributed by atoms with Gasteiger partial charge in [-0.05, 0) is 68.7 Å². The molecule has 4 aromatic rings. The molecule has 0 bridgehead atoms. The molecule has 7 heteroatoms. The first-order chi connectivity index (χ1) is 16.5. The van der Waals surface area contributed by atoms with Crippen LogP contribution in [0, 0.1) is 13.8 Å². The number of amides is 1. The first-order valence-electron chi connectivity index (χ1n) is 12.0. The van der Waals surface area contributed by atoms with Crippen molar-refractivity contribution in [2.24, 2.45) is 0 Å². The molecule has 1 aliphatic rings. The van der Waals surface area contributed by atoms with E-state index in [0.29, 0.717) is 12.8 Å². The predicted octanol–water partition coefficient (Wildman–Crippen LogP) is 4.18. The number of methoxy groups -OCH3 is 1. The summed E-state index contributed by atoms with van der Waals surface area (Å²) in [5.41, 5.74) is 6.15. The van der Waals surface area contributed by atoms with E-state index in [2.05, 4.69) is 30.0 Å². The third-order valence-electron chi connectivity index (χ3n) is 6.89. The van der Waals surface area contributed by atoms with Gasteiger partial charge in [-0.1, -0.05) is 12.1 Å². The highest BCUT2D eigenvalue weighted by atomic mass is 16.5. The number of benzene rings is 2. The average Bonchev–Trinajstić information content (AvgIpc) is 3.05. The van der Waals surface area contributed by atoms with Gasteiger partial charge >= 0.3 is 0 Å². The molecule has 1 amide bonds. The topological polar surface area (TPSA) is 63.0 Å². The Balaban J connectivity index is 1.26.